The molecule has 2 aliphatic rings. The van der Waals surface area contributed by atoms with Gasteiger partial charge in [0.2, 0.25) is 0 Å². The molecule has 2 heterocycles. The van der Waals surface area contributed by atoms with Crippen LogP contribution in [0.1, 0.15) is 12.0 Å². The van der Waals surface area contributed by atoms with Crippen molar-refractivity contribution in [1.82, 2.24) is 9.80 Å². The third kappa shape index (κ3) is 2.96. The SMILES string of the molecule is COC(=O)C1CC(C(=O)OC)N2CCN(Cc3ccccc3)C12. The number of fused-ring (bicyclic) bond motifs is 1. The van der Waals surface area contributed by atoms with Crippen molar-refractivity contribution in [1.29, 1.82) is 0 Å². The highest BCUT2D eigenvalue weighted by atomic mass is 16.5. The lowest BCUT2D eigenvalue weighted by Crippen LogP contribution is -2.44. The highest BCUT2D eigenvalue weighted by Gasteiger charge is 2.53. The van der Waals surface area contributed by atoms with Crippen molar-refractivity contribution in [2.75, 3.05) is 27.3 Å². The standard InChI is InChI=1S/C17H22N2O4/c1-22-16(20)13-10-14(17(21)23-2)19-9-8-18(15(13)19)11-12-6-4-3-5-7-12/h3-7,13-15H,8-11H2,1-2H3. The molecular weight excluding hydrogens is 296 g/mol. The van der Waals surface area contributed by atoms with E-state index in [2.05, 4.69) is 21.9 Å². The molecule has 1 aromatic rings. The Morgan fingerprint density at radius 3 is 2.43 bits per heavy atom. The first-order chi connectivity index (χ1) is 11.2. The molecular formula is C17H22N2O4. The van der Waals surface area contributed by atoms with E-state index in [-0.39, 0.29) is 30.1 Å². The third-order valence-electron chi connectivity index (χ3n) is 4.80. The fourth-order valence-corrected chi connectivity index (χ4v) is 3.77. The van der Waals surface area contributed by atoms with Gasteiger partial charge in [-0.15, -0.1) is 0 Å². The van der Waals surface area contributed by atoms with Crippen molar-refractivity contribution in [2.24, 2.45) is 5.92 Å². The number of carbonyl (C=O) groups is 2. The highest BCUT2D eigenvalue weighted by molar-refractivity contribution is 5.80. The summed E-state index contributed by atoms with van der Waals surface area (Å²) in [6.45, 7) is 2.33. The maximum Gasteiger partial charge on any atom is 0.323 e. The molecule has 2 fully saturated rings. The van der Waals surface area contributed by atoms with E-state index < -0.39 is 0 Å². The van der Waals surface area contributed by atoms with Crippen molar-refractivity contribution < 1.29 is 19.1 Å². The maximum absolute atomic E-state index is 12.2. The fraction of sp³-hybridized carbons (Fsp3) is 0.529. The molecule has 0 N–H and O–H groups in total. The Morgan fingerprint density at radius 2 is 1.78 bits per heavy atom. The molecule has 0 spiro atoms. The zero-order chi connectivity index (χ0) is 16.4. The summed E-state index contributed by atoms with van der Waals surface area (Å²) in [6, 6.07) is 9.78. The summed E-state index contributed by atoms with van der Waals surface area (Å²) in [5.41, 5.74) is 1.19. The van der Waals surface area contributed by atoms with E-state index in [1.165, 1.54) is 19.8 Å². The first-order valence-corrected chi connectivity index (χ1v) is 7.85. The number of hydrogen-bond donors (Lipinski definition) is 0. The Hall–Kier alpha value is -1.92. The normalized spacial score (nSPS) is 27.7. The second kappa shape index (κ2) is 6.68. The molecule has 0 aromatic heterocycles. The minimum absolute atomic E-state index is 0.105. The lowest BCUT2D eigenvalue weighted by Gasteiger charge is -2.28. The Bertz CT molecular complexity index is 577. The van der Waals surface area contributed by atoms with Crippen LogP contribution in [0.15, 0.2) is 30.3 Å². The summed E-state index contributed by atoms with van der Waals surface area (Å²) < 4.78 is 9.86. The number of esters is 2. The van der Waals surface area contributed by atoms with Gasteiger partial charge < -0.3 is 9.47 Å². The van der Waals surface area contributed by atoms with Gasteiger partial charge in [-0.3, -0.25) is 19.4 Å². The van der Waals surface area contributed by atoms with Crippen molar-refractivity contribution >= 4 is 11.9 Å². The fourth-order valence-electron chi connectivity index (χ4n) is 3.77. The molecule has 0 saturated carbocycles. The minimum atomic E-state index is -0.366. The molecule has 1 aromatic carbocycles. The van der Waals surface area contributed by atoms with E-state index in [0.717, 1.165) is 19.6 Å². The average molecular weight is 318 g/mol. The van der Waals surface area contributed by atoms with Crippen molar-refractivity contribution in [2.45, 2.75) is 25.2 Å². The molecule has 3 atom stereocenters. The average Bonchev–Trinajstić information content (AvgIpc) is 3.15. The first-order valence-electron chi connectivity index (χ1n) is 7.85. The smallest absolute Gasteiger partial charge is 0.323 e. The summed E-state index contributed by atoms with van der Waals surface area (Å²) in [4.78, 5) is 28.6. The summed E-state index contributed by atoms with van der Waals surface area (Å²) in [5.74, 6) is -0.857. The molecule has 3 unspecified atom stereocenters. The number of methoxy groups -OCH3 is 2. The van der Waals surface area contributed by atoms with Gasteiger partial charge in [0, 0.05) is 19.6 Å². The molecule has 6 heteroatoms. The largest absolute Gasteiger partial charge is 0.469 e. The van der Waals surface area contributed by atoms with Crippen LogP contribution in [0.2, 0.25) is 0 Å². The van der Waals surface area contributed by atoms with Crippen molar-refractivity contribution in [3.8, 4) is 0 Å². The van der Waals surface area contributed by atoms with Gasteiger partial charge in [-0.25, -0.2) is 0 Å². The predicted octanol–water partition coefficient (Wildman–Crippen LogP) is 0.865. The zero-order valence-corrected chi connectivity index (χ0v) is 13.5. The minimum Gasteiger partial charge on any atom is -0.469 e. The molecule has 0 aliphatic carbocycles. The van der Waals surface area contributed by atoms with Crippen LogP contribution in [0, 0.1) is 5.92 Å². The molecule has 23 heavy (non-hydrogen) atoms. The Labute approximate surface area is 136 Å². The molecule has 6 nitrogen and oxygen atoms in total. The van der Waals surface area contributed by atoms with Gasteiger partial charge >= 0.3 is 11.9 Å². The number of hydrogen-bond acceptors (Lipinski definition) is 6. The molecule has 0 amide bonds. The first kappa shape index (κ1) is 16.0. The Balaban J connectivity index is 1.82. The van der Waals surface area contributed by atoms with Gasteiger partial charge in [-0.05, 0) is 12.0 Å². The molecule has 2 saturated heterocycles. The van der Waals surface area contributed by atoms with Gasteiger partial charge in [-0.2, -0.15) is 0 Å². The second-order valence-electron chi connectivity index (χ2n) is 6.01. The van der Waals surface area contributed by atoms with E-state index in [9.17, 15) is 9.59 Å². The van der Waals surface area contributed by atoms with Crippen LogP contribution < -0.4 is 0 Å². The van der Waals surface area contributed by atoms with Gasteiger partial charge in [0.1, 0.15) is 6.04 Å². The van der Waals surface area contributed by atoms with Crippen LogP contribution >= 0.6 is 0 Å². The van der Waals surface area contributed by atoms with Crippen LogP contribution in [0.5, 0.6) is 0 Å². The summed E-state index contributed by atoms with van der Waals surface area (Å²) >= 11 is 0. The topological polar surface area (TPSA) is 59.1 Å². The van der Waals surface area contributed by atoms with Gasteiger partial charge in [0.05, 0.1) is 26.3 Å². The number of ether oxygens (including phenoxy) is 2. The van der Waals surface area contributed by atoms with Crippen LogP contribution in [0.4, 0.5) is 0 Å². The lowest BCUT2D eigenvalue weighted by molar-refractivity contribution is -0.148. The molecule has 3 rings (SSSR count). The summed E-state index contributed by atoms with van der Waals surface area (Å²) in [6.07, 6.45) is 0.349. The quantitative estimate of drug-likeness (QED) is 0.768. The molecule has 2 aliphatic heterocycles. The van der Waals surface area contributed by atoms with Gasteiger partial charge in [0.25, 0.3) is 0 Å². The predicted molar refractivity (Wildman–Crippen MR) is 83.3 cm³/mol. The number of rotatable bonds is 4. The molecule has 0 radical (unpaired) electrons. The highest BCUT2D eigenvalue weighted by Crippen LogP contribution is 2.37. The Kier molecular flexibility index (Phi) is 4.63. The summed E-state index contributed by atoms with van der Waals surface area (Å²) in [5, 5.41) is 0. The van der Waals surface area contributed by atoms with Crippen molar-refractivity contribution in [3.05, 3.63) is 35.9 Å². The van der Waals surface area contributed by atoms with E-state index in [0.29, 0.717) is 6.42 Å². The van der Waals surface area contributed by atoms with Crippen LogP contribution in [0.25, 0.3) is 0 Å². The molecule has 0 bridgehead atoms. The lowest BCUT2D eigenvalue weighted by atomic mass is 10.0. The van der Waals surface area contributed by atoms with E-state index >= 15 is 0 Å². The number of nitrogens with zero attached hydrogens (tertiary/aromatic N) is 2. The van der Waals surface area contributed by atoms with E-state index in [1.807, 2.05) is 18.2 Å². The third-order valence-corrected chi connectivity index (χ3v) is 4.80. The van der Waals surface area contributed by atoms with Gasteiger partial charge in [-0.1, -0.05) is 30.3 Å². The van der Waals surface area contributed by atoms with Crippen molar-refractivity contribution in [3.63, 3.8) is 0 Å². The summed E-state index contributed by atoms with van der Waals surface area (Å²) in [7, 11) is 2.79. The monoisotopic (exact) mass is 318 g/mol. The van der Waals surface area contributed by atoms with Crippen LogP contribution in [-0.4, -0.2) is 61.3 Å². The van der Waals surface area contributed by atoms with Crippen LogP contribution in [0.3, 0.4) is 0 Å². The maximum atomic E-state index is 12.2. The second-order valence-corrected chi connectivity index (χ2v) is 6.01. The van der Waals surface area contributed by atoms with Gasteiger partial charge in [0.15, 0.2) is 0 Å². The zero-order valence-electron chi connectivity index (χ0n) is 13.5. The number of carbonyl (C=O) groups excluding carboxylic acids is 2. The number of benzene rings is 1. The van der Waals surface area contributed by atoms with Crippen LogP contribution in [-0.2, 0) is 25.6 Å². The Morgan fingerprint density at radius 1 is 1.09 bits per heavy atom. The molecule has 124 valence electrons. The van der Waals surface area contributed by atoms with E-state index in [1.54, 1.807) is 0 Å². The van der Waals surface area contributed by atoms with E-state index in [4.69, 9.17) is 9.47 Å².